The van der Waals surface area contributed by atoms with Crippen molar-refractivity contribution in [1.82, 2.24) is 14.8 Å². The van der Waals surface area contributed by atoms with Crippen LogP contribution in [-0.2, 0) is 6.54 Å². The van der Waals surface area contributed by atoms with E-state index in [1.807, 2.05) is 13.1 Å². The summed E-state index contributed by atoms with van der Waals surface area (Å²) in [4.78, 5) is 4.15. The van der Waals surface area contributed by atoms with Gasteiger partial charge in [-0.15, -0.1) is 0 Å². The predicted octanol–water partition coefficient (Wildman–Crippen LogP) is 2.94. The summed E-state index contributed by atoms with van der Waals surface area (Å²) in [6.45, 7) is 2.52. The first kappa shape index (κ1) is 10.5. The Morgan fingerprint density at radius 2 is 2.13 bits per heavy atom. The maximum atomic E-state index is 5.99. The zero-order chi connectivity index (χ0) is 10.8. The summed E-state index contributed by atoms with van der Waals surface area (Å²) in [7, 11) is 0. The highest BCUT2D eigenvalue weighted by molar-refractivity contribution is 6.32. The zero-order valence-electron chi connectivity index (χ0n) is 8.11. The van der Waals surface area contributed by atoms with Crippen molar-refractivity contribution in [2.75, 3.05) is 0 Å². The van der Waals surface area contributed by atoms with E-state index in [1.165, 1.54) is 0 Å². The molecule has 5 heteroatoms. The molecule has 0 aliphatic rings. The predicted molar refractivity (Wildman–Crippen MR) is 60.3 cm³/mol. The molecule has 2 aromatic heterocycles. The average molecular weight is 242 g/mol. The third-order valence-electron chi connectivity index (χ3n) is 1.96. The van der Waals surface area contributed by atoms with E-state index >= 15 is 0 Å². The van der Waals surface area contributed by atoms with E-state index in [-0.39, 0.29) is 0 Å². The first-order valence-electron chi connectivity index (χ1n) is 4.45. The van der Waals surface area contributed by atoms with Crippen LogP contribution in [0.15, 0.2) is 24.5 Å². The van der Waals surface area contributed by atoms with Crippen molar-refractivity contribution in [3.63, 3.8) is 0 Å². The van der Waals surface area contributed by atoms with Gasteiger partial charge in [-0.25, -0.2) is 4.98 Å². The Morgan fingerprint density at radius 3 is 2.80 bits per heavy atom. The molecule has 0 aliphatic heterocycles. The van der Waals surface area contributed by atoms with Gasteiger partial charge in [-0.2, -0.15) is 5.10 Å². The van der Waals surface area contributed by atoms with Crippen LogP contribution in [0, 0.1) is 6.92 Å². The van der Waals surface area contributed by atoms with Gasteiger partial charge in [0.1, 0.15) is 5.15 Å². The molecule has 78 valence electrons. The molecule has 0 atom stereocenters. The molecule has 0 saturated carbocycles. The maximum Gasteiger partial charge on any atom is 0.129 e. The lowest BCUT2D eigenvalue weighted by Gasteiger charge is -2.03. The SMILES string of the molecule is Cc1cnn(Cc2nc(Cl)ccc2Cl)c1. The van der Waals surface area contributed by atoms with Crippen LogP contribution in [0.4, 0.5) is 0 Å². The van der Waals surface area contributed by atoms with Crippen molar-refractivity contribution >= 4 is 23.2 Å². The number of aryl methyl sites for hydroxylation is 1. The van der Waals surface area contributed by atoms with Crippen LogP contribution in [0.2, 0.25) is 10.2 Å². The minimum absolute atomic E-state index is 0.443. The monoisotopic (exact) mass is 241 g/mol. The van der Waals surface area contributed by atoms with Crippen LogP contribution in [-0.4, -0.2) is 14.8 Å². The summed E-state index contributed by atoms with van der Waals surface area (Å²) in [6, 6.07) is 3.41. The average Bonchev–Trinajstić information content (AvgIpc) is 2.58. The first-order chi connectivity index (χ1) is 7.15. The third-order valence-corrected chi connectivity index (χ3v) is 2.51. The fourth-order valence-electron chi connectivity index (χ4n) is 1.28. The van der Waals surface area contributed by atoms with E-state index in [2.05, 4.69) is 10.1 Å². The van der Waals surface area contributed by atoms with Crippen LogP contribution < -0.4 is 0 Å². The molecule has 0 unspecified atom stereocenters. The van der Waals surface area contributed by atoms with Crippen LogP contribution in [0.25, 0.3) is 0 Å². The van der Waals surface area contributed by atoms with Crippen LogP contribution >= 0.6 is 23.2 Å². The third kappa shape index (κ3) is 2.49. The lowest BCUT2D eigenvalue weighted by molar-refractivity contribution is 0.672. The highest BCUT2D eigenvalue weighted by Gasteiger charge is 2.04. The molecule has 0 saturated heterocycles. The fourth-order valence-corrected chi connectivity index (χ4v) is 1.61. The number of pyridine rings is 1. The number of hydrogen-bond donors (Lipinski definition) is 0. The summed E-state index contributed by atoms with van der Waals surface area (Å²) in [5.74, 6) is 0. The molecule has 3 nitrogen and oxygen atoms in total. The van der Waals surface area contributed by atoms with Crippen molar-refractivity contribution in [3.05, 3.63) is 46.0 Å². The number of nitrogens with zero attached hydrogens (tertiary/aromatic N) is 3. The Bertz CT molecular complexity index is 479. The van der Waals surface area contributed by atoms with E-state index in [4.69, 9.17) is 23.2 Å². The van der Waals surface area contributed by atoms with Crippen LogP contribution in [0.5, 0.6) is 0 Å². The minimum Gasteiger partial charge on any atom is -0.266 e. The van der Waals surface area contributed by atoms with Crippen molar-refractivity contribution in [3.8, 4) is 0 Å². The number of rotatable bonds is 2. The van der Waals surface area contributed by atoms with E-state index in [0.717, 1.165) is 11.3 Å². The number of hydrogen-bond acceptors (Lipinski definition) is 2. The molecule has 2 heterocycles. The highest BCUT2D eigenvalue weighted by Crippen LogP contribution is 2.17. The Balaban J connectivity index is 2.27. The molecular weight excluding hydrogens is 233 g/mol. The second-order valence-electron chi connectivity index (χ2n) is 3.28. The molecule has 0 aliphatic carbocycles. The molecular formula is C10H9Cl2N3. The summed E-state index contributed by atoms with van der Waals surface area (Å²) >= 11 is 11.8. The molecule has 0 radical (unpaired) electrons. The Kier molecular flexibility index (Phi) is 2.93. The van der Waals surface area contributed by atoms with E-state index in [1.54, 1.807) is 23.0 Å². The topological polar surface area (TPSA) is 30.7 Å². The van der Waals surface area contributed by atoms with E-state index < -0.39 is 0 Å². The van der Waals surface area contributed by atoms with E-state index in [0.29, 0.717) is 16.7 Å². The summed E-state index contributed by atoms with van der Waals surface area (Å²) in [6.07, 6.45) is 3.72. The lowest BCUT2D eigenvalue weighted by Crippen LogP contribution is -2.02. The summed E-state index contributed by atoms with van der Waals surface area (Å²) in [5, 5.41) is 5.20. The second-order valence-corrected chi connectivity index (χ2v) is 4.07. The maximum absolute atomic E-state index is 5.99. The summed E-state index contributed by atoms with van der Waals surface area (Å²) < 4.78 is 1.78. The Morgan fingerprint density at radius 1 is 1.33 bits per heavy atom. The number of halogens is 2. The second kappa shape index (κ2) is 4.21. The van der Waals surface area contributed by atoms with Gasteiger partial charge < -0.3 is 0 Å². The van der Waals surface area contributed by atoms with Crippen molar-refractivity contribution < 1.29 is 0 Å². The molecule has 0 amide bonds. The van der Waals surface area contributed by atoms with Gasteiger partial charge in [0.25, 0.3) is 0 Å². The standard InChI is InChI=1S/C10H9Cl2N3/c1-7-4-13-15(5-7)6-9-8(11)2-3-10(12)14-9/h2-5H,6H2,1H3. The van der Waals surface area contributed by atoms with Gasteiger partial charge >= 0.3 is 0 Å². The van der Waals surface area contributed by atoms with Crippen LogP contribution in [0.1, 0.15) is 11.3 Å². The molecule has 0 fully saturated rings. The van der Waals surface area contributed by atoms with Gasteiger partial charge in [-0.1, -0.05) is 23.2 Å². The first-order valence-corrected chi connectivity index (χ1v) is 5.21. The van der Waals surface area contributed by atoms with Crippen LogP contribution in [0.3, 0.4) is 0 Å². The smallest absolute Gasteiger partial charge is 0.129 e. The molecule has 0 bridgehead atoms. The lowest BCUT2D eigenvalue weighted by atomic mass is 10.3. The molecule has 15 heavy (non-hydrogen) atoms. The molecule has 0 spiro atoms. The normalized spacial score (nSPS) is 10.6. The van der Waals surface area contributed by atoms with Gasteiger partial charge in [0, 0.05) is 6.20 Å². The van der Waals surface area contributed by atoms with Crippen molar-refractivity contribution in [2.24, 2.45) is 0 Å². The van der Waals surface area contributed by atoms with Gasteiger partial charge in [0.15, 0.2) is 0 Å². The highest BCUT2D eigenvalue weighted by atomic mass is 35.5. The van der Waals surface area contributed by atoms with Gasteiger partial charge in [-0.05, 0) is 24.6 Å². The Labute approximate surface area is 97.7 Å². The molecule has 0 N–H and O–H groups in total. The zero-order valence-corrected chi connectivity index (χ0v) is 9.63. The van der Waals surface area contributed by atoms with Crippen molar-refractivity contribution in [1.29, 1.82) is 0 Å². The van der Waals surface area contributed by atoms with Gasteiger partial charge in [-0.3, -0.25) is 4.68 Å². The van der Waals surface area contributed by atoms with Crippen molar-refractivity contribution in [2.45, 2.75) is 13.5 Å². The molecule has 2 aromatic rings. The Hall–Kier alpha value is -1.06. The van der Waals surface area contributed by atoms with Gasteiger partial charge in [0.2, 0.25) is 0 Å². The largest absolute Gasteiger partial charge is 0.266 e. The van der Waals surface area contributed by atoms with Gasteiger partial charge in [0.05, 0.1) is 23.5 Å². The fraction of sp³-hybridized carbons (Fsp3) is 0.200. The molecule has 0 aromatic carbocycles. The minimum atomic E-state index is 0.443. The summed E-state index contributed by atoms with van der Waals surface area (Å²) in [5.41, 5.74) is 1.83. The quantitative estimate of drug-likeness (QED) is 0.758. The molecule has 2 rings (SSSR count). The number of aromatic nitrogens is 3. The van der Waals surface area contributed by atoms with E-state index in [9.17, 15) is 0 Å².